The molecule has 0 spiro atoms. The van der Waals surface area contributed by atoms with Crippen molar-refractivity contribution in [3.05, 3.63) is 53.2 Å². The quantitative estimate of drug-likeness (QED) is 0.655. The van der Waals surface area contributed by atoms with Crippen LogP contribution in [-0.4, -0.2) is 29.3 Å². The Balaban J connectivity index is 1.91. The van der Waals surface area contributed by atoms with Crippen LogP contribution >= 0.6 is 11.6 Å². The molecule has 0 unspecified atom stereocenters. The van der Waals surface area contributed by atoms with Gasteiger partial charge in [-0.15, -0.1) is 0 Å². The van der Waals surface area contributed by atoms with Crippen LogP contribution in [0.5, 0.6) is 11.6 Å². The molecule has 0 saturated carbocycles. The molecule has 6 heteroatoms. The molecular formula is C14H12ClNO4. The summed E-state index contributed by atoms with van der Waals surface area (Å²) >= 11 is 5.71. The molecular weight excluding hydrogens is 282 g/mol. The van der Waals surface area contributed by atoms with Gasteiger partial charge in [0.05, 0.1) is 0 Å². The van der Waals surface area contributed by atoms with E-state index in [0.717, 1.165) is 0 Å². The molecule has 5 nitrogen and oxygen atoms in total. The second kappa shape index (κ2) is 6.77. The molecule has 0 aliphatic heterocycles. The van der Waals surface area contributed by atoms with E-state index in [-0.39, 0.29) is 29.8 Å². The Hall–Kier alpha value is -2.27. The summed E-state index contributed by atoms with van der Waals surface area (Å²) in [5.41, 5.74) is -0.0332. The first-order valence-electron chi connectivity index (χ1n) is 5.87. The number of carbonyl (C=O) groups is 1. The van der Waals surface area contributed by atoms with E-state index in [0.29, 0.717) is 5.75 Å². The number of benzene rings is 1. The molecule has 0 atom stereocenters. The Morgan fingerprint density at radius 2 is 1.80 bits per heavy atom. The number of hydrogen-bond donors (Lipinski definition) is 1. The number of pyridine rings is 1. The minimum Gasteiger partial charge on any atom is -0.490 e. The zero-order valence-electron chi connectivity index (χ0n) is 10.5. The molecule has 2 rings (SSSR count). The monoisotopic (exact) mass is 293 g/mol. The van der Waals surface area contributed by atoms with Crippen molar-refractivity contribution in [2.24, 2.45) is 0 Å². The molecule has 0 aliphatic rings. The average Bonchev–Trinajstić information content (AvgIpc) is 2.44. The summed E-state index contributed by atoms with van der Waals surface area (Å²) in [6, 6.07) is 12.0. The summed E-state index contributed by atoms with van der Waals surface area (Å²) in [6.07, 6.45) is 0. The number of carboxylic acid groups (broad SMARTS) is 1. The predicted octanol–water partition coefficient (Wildman–Crippen LogP) is 2.89. The van der Waals surface area contributed by atoms with E-state index in [2.05, 4.69) is 4.98 Å². The molecule has 0 saturated heterocycles. The molecule has 1 heterocycles. The SMILES string of the molecule is O=C(O)c1ccc(Cl)nc1OCCOc1ccccc1. The van der Waals surface area contributed by atoms with Crippen molar-refractivity contribution in [3.63, 3.8) is 0 Å². The fourth-order valence-corrected chi connectivity index (χ4v) is 1.65. The molecule has 1 aromatic heterocycles. The lowest BCUT2D eigenvalue weighted by atomic mass is 10.3. The van der Waals surface area contributed by atoms with Crippen molar-refractivity contribution in [1.29, 1.82) is 0 Å². The van der Waals surface area contributed by atoms with E-state index in [9.17, 15) is 4.79 Å². The van der Waals surface area contributed by atoms with Crippen LogP contribution < -0.4 is 9.47 Å². The van der Waals surface area contributed by atoms with Gasteiger partial charge in [-0.3, -0.25) is 0 Å². The van der Waals surface area contributed by atoms with Gasteiger partial charge in [-0.1, -0.05) is 29.8 Å². The highest BCUT2D eigenvalue weighted by Crippen LogP contribution is 2.19. The zero-order valence-corrected chi connectivity index (χ0v) is 11.2. The second-order valence-electron chi connectivity index (χ2n) is 3.80. The molecule has 104 valence electrons. The highest BCUT2D eigenvalue weighted by Gasteiger charge is 2.13. The fraction of sp³-hybridized carbons (Fsp3) is 0.143. The van der Waals surface area contributed by atoms with Crippen LogP contribution in [0.15, 0.2) is 42.5 Å². The number of para-hydroxylation sites is 1. The Morgan fingerprint density at radius 3 is 2.50 bits per heavy atom. The smallest absolute Gasteiger partial charge is 0.341 e. The van der Waals surface area contributed by atoms with Gasteiger partial charge in [0.15, 0.2) is 0 Å². The van der Waals surface area contributed by atoms with Crippen LogP contribution in [0.3, 0.4) is 0 Å². The largest absolute Gasteiger partial charge is 0.490 e. The first kappa shape index (κ1) is 14.1. The molecule has 2 aromatic rings. The van der Waals surface area contributed by atoms with Gasteiger partial charge in [0.1, 0.15) is 29.7 Å². The molecule has 20 heavy (non-hydrogen) atoms. The maximum atomic E-state index is 11.0. The predicted molar refractivity (Wildman–Crippen MR) is 73.6 cm³/mol. The average molecular weight is 294 g/mol. The number of aromatic carboxylic acids is 1. The molecule has 0 bridgehead atoms. The van der Waals surface area contributed by atoms with E-state index in [4.69, 9.17) is 26.2 Å². The lowest BCUT2D eigenvalue weighted by Crippen LogP contribution is -2.12. The van der Waals surface area contributed by atoms with Gasteiger partial charge in [0.25, 0.3) is 0 Å². The lowest BCUT2D eigenvalue weighted by Gasteiger charge is -2.09. The highest BCUT2D eigenvalue weighted by molar-refractivity contribution is 6.29. The topological polar surface area (TPSA) is 68.7 Å². The van der Waals surface area contributed by atoms with Crippen molar-refractivity contribution < 1.29 is 19.4 Å². The zero-order chi connectivity index (χ0) is 14.4. The van der Waals surface area contributed by atoms with Crippen molar-refractivity contribution in [2.75, 3.05) is 13.2 Å². The Kier molecular flexibility index (Phi) is 4.79. The Labute approximate surface area is 120 Å². The van der Waals surface area contributed by atoms with E-state index < -0.39 is 5.97 Å². The Morgan fingerprint density at radius 1 is 1.10 bits per heavy atom. The third kappa shape index (κ3) is 3.86. The first-order valence-corrected chi connectivity index (χ1v) is 6.25. The van der Waals surface area contributed by atoms with Crippen LogP contribution in [0.2, 0.25) is 5.15 Å². The maximum Gasteiger partial charge on any atom is 0.341 e. The Bertz CT molecular complexity index is 589. The summed E-state index contributed by atoms with van der Waals surface area (Å²) in [5.74, 6) is -0.414. The van der Waals surface area contributed by atoms with Crippen molar-refractivity contribution in [3.8, 4) is 11.6 Å². The molecule has 0 fully saturated rings. The number of halogens is 1. The highest BCUT2D eigenvalue weighted by atomic mass is 35.5. The van der Waals surface area contributed by atoms with Crippen molar-refractivity contribution >= 4 is 17.6 Å². The minimum absolute atomic E-state index is 0.0124. The second-order valence-corrected chi connectivity index (χ2v) is 4.19. The van der Waals surface area contributed by atoms with Crippen molar-refractivity contribution in [1.82, 2.24) is 4.98 Å². The summed E-state index contributed by atoms with van der Waals surface area (Å²) in [4.78, 5) is 14.8. The molecule has 0 aliphatic carbocycles. The van der Waals surface area contributed by atoms with Crippen LogP contribution in [0.4, 0.5) is 0 Å². The van der Waals surface area contributed by atoms with Gasteiger partial charge in [0, 0.05) is 0 Å². The lowest BCUT2D eigenvalue weighted by molar-refractivity contribution is 0.0690. The number of ether oxygens (including phenoxy) is 2. The molecule has 1 aromatic carbocycles. The van der Waals surface area contributed by atoms with Gasteiger partial charge < -0.3 is 14.6 Å². The van der Waals surface area contributed by atoms with Crippen LogP contribution in [-0.2, 0) is 0 Å². The molecule has 1 N–H and O–H groups in total. The first-order chi connectivity index (χ1) is 9.66. The number of hydrogen-bond acceptors (Lipinski definition) is 4. The van der Waals surface area contributed by atoms with Gasteiger partial charge in [-0.2, -0.15) is 0 Å². The summed E-state index contributed by atoms with van der Waals surface area (Å²) in [5, 5.41) is 9.17. The van der Waals surface area contributed by atoms with Crippen LogP contribution in [0, 0.1) is 0 Å². The maximum absolute atomic E-state index is 11.0. The minimum atomic E-state index is -1.12. The normalized spacial score (nSPS) is 10.1. The summed E-state index contributed by atoms with van der Waals surface area (Å²) in [7, 11) is 0. The standard InChI is InChI=1S/C14H12ClNO4/c15-12-7-6-11(14(17)18)13(16-12)20-9-8-19-10-4-2-1-3-5-10/h1-7H,8-9H2,(H,17,18). The van der Waals surface area contributed by atoms with Gasteiger partial charge in [0.2, 0.25) is 5.88 Å². The van der Waals surface area contributed by atoms with Crippen LogP contribution in [0.1, 0.15) is 10.4 Å². The third-order valence-corrected chi connectivity index (χ3v) is 2.60. The van der Waals surface area contributed by atoms with Gasteiger partial charge >= 0.3 is 5.97 Å². The summed E-state index contributed by atoms with van der Waals surface area (Å²) in [6.45, 7) is 0.444. The van der Waals surface area contributed by atoms with Crippen molar-refractivity contribution in [2.45, 2.75) is 0 Å². The number of aromatic nitrogens is 1. The van der Waals surface area contributed by atoms with E-state index in [1.54, 1.807) is 0 Å². The van der Waals surface area contributed by atoms with Gasteiger partial charge in [-0.25, -0.2) is 9.78 Å². The van der Waals surface area contributed by atoms with E-state index in [1.165, 1.54) is 12.1 Å². The number of carboxylic acids is 1. The molecule has 0 radical (unpaired) electrons. The van der Waals surface area contributed by atoms with E-state index in [1.807, 2.05) is 30.3 Å². The van der Waals surface area contributed by atoms with Crippen LogP contribution in [0.25, 0.3) is 0 Å². The van der Waals surface area contributed by atoms with E-state index >= 15 is 0 Å². The fourth-order valence-electron chi connectivity index (χ4n) is 1.51. The summed E-state index contributed by atoms with van der Waals surface area (Å²) < 4.78 is 10.7. The number of nitrogens with zero attached hydrogens (tertiary/aromatic N) is 1. The molecule has 0 amide bonds. The number of rotatable bonds is 6. The van der Waals surface area contributed by atoms with Gasteiger partial charge in [-0.05, 0) is 24.3 Å². The third-order valence-electron chi connectivity index (χ3n) is 2.39.